The van der Waals surface area contributed by atoms with E-state index in [4.69, 9.17) is 0 Å². The van der Waals surface area contributed by atoms with Crippen molar-refractivity contribution in [2.24, 2.45) is 0 Å². The normalized spacial score (nSPS) is 14.8. The second-order valence-corrected chi connectivity index (χ2v) is 8.45. The van der Waals surface area contributed by atoms with E-state index >= 15 is 0 Å². The maximum Gasteiger partial charge on any atom is 0.124 e. The smallest absolute Gasteiger partial charge is 0.124 e. The van der Waals surface area contributed by atoms with E-state index in [9.17, 15) is 9.50 Å². The summed E-state index contributed by atoms with van der Waals surface area (Å²) in [6.07, 6.45) is 5.87. The first kappa shape index (κ1) is 21.5. The molecule has 1 fully saturated rings. The average Bonchev–Trinajstić information content (AvgIpc) is 2.78. The van der Waals surface area contributed by atoms with Gasteiger partial charge in [0.15, 0.2) is 0 Å². The number of halogens is 1. The van der Waals surface area contributed by atoms with Gasteiger partial charge in [-0.05, 0) is 73.7 Å². The molecule has 0 unspecified atom stereocenters. The molecule has 5 heteroatoms. The minimum Gasteiger partial charge on any atom is -0.392 e. The van der Waals surface area contributed by atoms with Crippen molar-refractivity contribution < 1.29 is 9.50 Å². The molecule has 2 heterocycles. The summed E-state index contributed by atoms with van der Waals surface area (Å²) in [6.45, 7) is 5.81. The van der Waals surface area contributed by atoms with Crippen LogP contribution in [0.5, 0.6) is 0 Å². The fourth-order valence-corrected chi connectivity index (χ4v) is 4.54. The predicted molar refractivity (Wildman–Crippen MR) is 125 cm³/mol. The quantitative estimate of drug-likeness (QED) is 0.621. The Morgan fingerprint density at radius 1 is 1.03 bits per heavy atom. The zero-order chi connectivity index (χ0) is 22.0. The number of aromatic nitrogens is 1. The largest absolute Gasteiger partial charge is 0.392 e. The van der Waals surface area contributed by atoms with Crippen LogP contribution in [0, 0.1) is 19.7 Å². The summed E-state index contributed by atoms with van der Waals surface area (Å²) in [5.74, 6) is -0.233. The van der Waals surface area contributed by atoms with Gasteiger partial charge in [-0.1, -0.05) is 24.3 Å². The third-order valence-electron chi connectivity index (χ3n) is 6.31. The highest BCUT2D eigenvalue weighted by atomic mass is 19.1. The molecule has 162 valence electrons. The number of aryl methyl sites for hydroxylation is 2. The van der Waals surface area contributed by atoms with Crippen LogP contribution >= 0.6 is 0 Å². The van der Waals surface area contributed by atoms with Crippen molar-refractivity contribution >= 4 is 5.69 Å². The Kier molecular flexibility index (Phi) is 6.35. The maximum absolute atomic E-state index is 14.3. The van der Waals surface area contributed by atoms with Crippen molar-refractivity contribution in [1.29, 1.82) is 0 Å². The summed E-state index contributed by atoms with van der Waals surface area (Å²) in [7, 11) is 2.02. The van der Waals surface area contributed by atoms with Crippen LogP contribution in [0.3, 0.4) is 0 Å². The zero-order valence-electron chi connectivity index (χ0n) is 18.5. The monoisotopic (exact) mass is 419 g/mol. The molecule has 3 aromatic rings. The number of aliphatic hydroxyl groups is 1. The molecule has 1 aromatic heterocycles. The molecule has 0 atom stereocenters. The lowest BCUT2D eigenvalue weighted by atomic mass is 9.93. The molecule has 2 N–H and O–H groups in total. The number of aliphatic hydroxyl groups excluding tert-OH is 1. The number of piperidine rings is 1. The Morgan fingerprint density at radius 2 is 1.74 bits per heavy atom. The van der Waals surface area contributed by atoms with E-state index in [2.05, 4.69) is 21.3 Å². The molecule has 1 aliphatic rings. The number of rotatable bonds is 5. The number of hydrogen-bond acceptors (Lipinski definition) is 4. The lowest BCUT2D eigenvalue weighted by Gasteiger charge is -2.36. The van der Waals surface area contributed by atoms with Gasteiger partial charge in [0.2, 0.25) is 0 Å². The van der Waals surface area contributed by atoms with Crippen molar-refractivity contribution in [2.75, 3.05) is 25.0 Å². The molecule has 0 spiro atoms. The molecule has 2 aromatic carbocycles. The molecule has 0 radical (unpaired) electrons. The van der Waals surface area contributed by atoms with E-state index in [0.717, 1.165) is 70.6 Å². The summed E-state index contributed by atoms with van der Waals surface area (Å²) in [5.41, 5.74) is 7.86. The minimum atomic E-state index is -0.233. The van der Waals surface area contributed by atoms with Gasteiger partial charge in [0.05, 0.1) is 12.3 Å². The van der Waals surface area contributed by atoms with Crippen LogP contribution in [0.15, 0.2) is 48.8 Å². The van der Waals surface area contributed by atoms with Gasteiger partial charge in [0.1, 0.15) is 5.82 Å². The van der Waals surface area contributed by atoms with Gasteiger partial charge in [-0.2, -0.15) is 0 Å². The Labute approximate surface area is 183 Å². The predicted octanol–water partition coefficient (Wildman–Crippen LogP) is 4.85. The Bertz CT molecular complexity index is 1050. The fraction of sp³-hybridized carbons (Fsp3) is 0.346. The van der Waals surface area contributed by atoms with Crippen LogP contribution < -0.4 is 10.2 Å². The summed E-state index contributed by atoms with van der Waals surface area (Å²) in [4.78, 5) is 6.96. The zero-order valence-corrected chi connectivity index (χ0v) is 18.5. The summed E-state index contributed by atoms with van der Waals surface area (Å²) in [5, 5.41) is 13.0. The number of nitrogens with zero attached hydrogens (tertiary/aromatic N) is 2. The third kappa shape index (κ3) is 4.48. The van der Waals surface area contributed by atoms with Crippen molar-refractivity contribution in [2.45, 2.75) is 39.3 Å². The van der Waals surface area contributed by atoms with Gasteiger partial charge in [-0.3, -0.25) is 4.98 Å². The second kappa shape index (κ2) is 9.16. The lowest BCUT2D eigenvalue weighted by molar-refractivity contribution is 0.281. The molecule has 4 rings (SSSR count). The molecule has 1 saturated heterocycles. The van der Waals surface area contributed by atoms with E-state index in [0.29, 0.717) is 6.04 Å². The lowest BCUT2D eigenvalue weighted by Crippen LogP contribution is -2.41. The number of benzene rings is 2. The Balaban J connectivity index is 1.88. The van der Waals surface area contributed by atoms with Crippen LogP contribution in [0.1, 0.15) is 29.5 Å². The van der Waals surface area contributed by atoms with E-state index in [1.807, 2.05) is 51.5 Å². The number of nitrogens with one attached hydrogen (secondary N) is 1. The van der Waals surface area contributed by atoms with Gasteiger partial charge in [-0.15, -0.1) is 0 Å². The first-order valence-corrected chi connectivity index (χ1v) is 10.9. The molecule has 1 aliphatic heterocycles. The van der Waals surface area contributed by atoms with Crippen LogP contribution in [0.2, 0.25) is 0 Å². The second-order valence-electron chi connectivity index (χ2n) is 8.45. The third-order valence-corrected chi connectivity index (χ3v) is 6.31. The molecule has 31 heavy (non-hydrogen) atoms. The summed E-state index contributed by atoms with van der Waals surface area (Å²) < 4.78 is 14.3. The molecule has 0 bridgehead atoms. The highest BCUT2D eigenvalue weighted by molar-refractivity contribution is 5.90. The van der Waals surface area contributed by atoms with Gasteiger partial charge >= 0.3 is 0 Å². The average molecular weight is 420 g/mol. The maximum atomic E-state index is 14.3. The molecular formula is C26H30FN3O. The van der Waals surface area contributed by atoms with E-state index in [1.54, 1.807) is 12.1 Å². The van der Waals surface area contributed by atoms with Crippen LogP contribution in [-0.2, 0) is 6.61 Å². The van der Waals surface area contributed by atoms with E-state index in [-0.39, 0.29) is 12.4 Å². The molecule has 4 nitrogen and oxygen atoms in total. The number of hydrogen-bond donors (Lipinski definition) is 2. The van der Waals surface area contributed by atoms with Crippen LogP contribution in [0.4, 0.5) is 10.1 Å². The highest BCUT2D eigenvalue weighted by Gasteiger charge is 2.24. The Morgan fingerprint density at radius 3 is 2.35 bits per heavy atom. The summed E-state index contributed by atoms with van der Waals surface area (Å²) in [6, 6.07) is 11.8. The van der Waals surface area contributed by atoms with Gasteiger partial charge in [0.25, 0.3) is 0 Å². The van der Waals surface area contributed by atoms with Crippen LogP contribution in [-0.4, -0.2) is 36.3 Å². The topological polar surface area (TPSA) is 48.4 Å². The van der Waals surface area contributed by atoms with Gasteiger partial charge < -0.3 is 15.3 Å². The first-order chi connectivity index (χ1) is 15.0. The highest BCUT2D eigenvalue weighted by Crippen LogP contribution is 2.40. The van der Waals surface area contributed by atoms with Crippen molar-refractivity contribution in [1.82, 2.24) is 10.3 Å². The standard InChI is InChI=1S/C26H30FN3O/c1-17-10-21(13-22(27)11-17)25-15-29-14-24(19-4-5-20(16-31)18(2)12-19)26(25)30-8-6-23(28-3)7-9-30/h4-5,10-15,23,28,31H,6-9,16H2,1-3H3. The molecule has 0 amide bonds. The fourth-order valence-electron chi connectivity index (χ4n) is 4.54. The molecule has 0 saturated carbocycles. The number of pyridine rings is 1. The van der Waals surface area contributed by atoms with Gasteiger partial charge in [0, 0.05) is 42.7 Å². The van der Waals surface area contributed by atoms with Crippen molar-refractivity contribution in [3.63, 3.8) is 0 Å². The summed E-state index contributed by atoms with van der Waals surface area (Å²) >= 11 is 0. The SMILES string of the molecule is CNC1CCN(c2c(-c3cc(C)cc(F)c3)cncc2-c2ccc(CO)c(C)c2)CC1. The first-order valence-electron chi connectivity index (χ1n) is 10.9. The minimum absolute atomic E-state index is 0.0252. The van der Waals surface area contributed by atoms with Crippen molar-refractivity contribution in [3.8, 4) is 22.3 Å². The van der Waals surface area contributed by atoms with E-state index in [1.165, 1.54) is 0 Å². The Hall–Kier alpha value is -2.76. The number of anilines is 1. The molecule has 0 aliphatic carbocycles. The van der Waals surface area contributed by atoms with Gasteiger partial charge in [-0.25, -0.2) is 4.39 Å². The van der Waals surface area contributed by atoms with Crippen LogP contribution in [0.25, 0.3) is 22.3 Å². The van der Waals surface area contributed by atoms with E-state index < -0.39 is 0 Å². The van der Waals surface area contributed by atoms with Crippen molar-refractivity contribution in [3.05, 3.63) is 71.3 Å². The molecular weight excluding hydrogens is 389 g/mol.